The van der Waals surface area contributed by atoms with Gasteiger partial charge < -0.3 is 15.5 Å². The smallest absolute Gasteiger partial charge is 0.353 e. The molecule has 0 aliphatic rings. The van der Waals surface area contributed by atoms with Crippen LogP contribution in [0.1, 0.15) is 5.56 Å². The summed E-state index contributed by atoms with van der Waals surface area (Å²) in [7, 11) is 0. The van der Waals surface area contributed by atoms with Crippen LogP contribution in [0.4, 0.5) is 0 Å². The number of rotatable bonds is 4. The molecule has 5 heteroatoms. The van der Waals surface area contributed by atoms with Crippen molar-refractivity contribution in [3.8, 4) is 0 Å². The van der Waals surface area contributed by atoms with Crippen molar-refractivity contribution < 1.29 is 19.8 Å². The predicted molar refractivity (Wildman–Crippen MR) is 69.4 cm³/mol. The molecule has 2 rings (SSSR count). The first-order chi connectivity index (χ1) is 9.08. The number of hydrogen-bond acceptors (Lipinski definition) is 3. The van der Waals surface area contributed by atoms with Gasteiger partial charge in [0.1, 0.15) is 0 Å². The normalized spacial score (nSPS) is 12.1. The molecule has 0 aliphatic carbocycles. The largest absolute Gasteiger partial charge is 0.478 e. The minimum atomic E-state index is -1.87. The molecule has 1 atom stereocenters. The summed E-state index contributed by atoms with van der Waals surface area (Å²) < 4.78 is 0. The number of carboxylic acids is 1. The molecular weight excluding hydrogens is 246 g/mol. The first-order valence-electron chi connectivity index (χ1n) is 5.75. The van der Waals surface area contributed by atoms with Crippen LogP contribution in [-0.2, 0) is 16.0 Å². The number of carbonyl (C=O) groups is 2. The van der Waals surface area contributed by atoms with Gasteiger partial charge in [-0.05, 0) is 16.3 Å². The molecule has 0 aromatic heterocycles. The lowest BCUT2D eigenvalue weighted by Gasteiger charge is -2.09. The van der Waals surface area contributed by atoms with Crippen molar-refractivity contribution in [2.75, 3.05) is 0 Å². The highest BCUT2D eigenvalue weighted by molar-refractivity contribution is 5.91. The van der Waals surface area contributed by atoms with Crippen molar-refractivity contribution in [3.05, 3.63) is 48.0 Å². The number of aliphatic carboxylic acids is 1. The van der Waals surface area contributed by atoms with E-state index < -0.39 is 18.1 Å². The maximum absolute atomic E-state index is 11.6. The Morgan fingerprint density at radius 2 is 1.79 bits per heavy atom. The minimum absolute atomic E-state index is 0.0195. The third kappa shape index (κ3) is 3.08. The zero-order valence-electron chi connectivity index (χ0n) is 10.0. The van der Waals surface area contributed by atoms with Crippen molar-refractivity contribution in [1.29, 1.82) is 0 Å². The monoisotopic (exact) mass is 259 g/mol. The summed E-state index contributed by atoms with van der Waals surface area (Å²) >= 11 is 0. The van der Waals surface area contributed by atoms with E-state index in [0.717, 1.165) is 16.3 Å². The second-order valence-corrected chi connectivity index (χ2v) is 4.12. The van der Waals surface area contributed by atoms with Gasteiger partial charge in [-0.1, -0.05) is 42.5 Å². The Kier molecular flexibility index (Phi) is 3.77. The second-order valence-electron chi connectivity index (χ2n) is 4.12. The highest BCUT2D eigenvalue weighted by Crippen LogP contribution is 2.18. The number of hydrogen-bond donors (Lipinski definition) is 3. The van der Waals surface area contributed by atoms with Gasteiger partial charge in [-0.15, -0.1) is 0 Å². The van der Waals surface area contributed by atoms with Crippen LogP contribution in [0.2, 0.25) is 0 Å². The van der Waals surface area contributed by atoms with E-state index in [4.69, 9.17) is 10.2 Å². The number of nitrogens with one attached hydrogen (secondary N) is 1. The molecule has 5 nitrogen and oxygen atoms in total. The molecular formula is C14H13NO4. The van der Waals surface area contributed by atoms with Crippen molar-refractivity contribution in [2.45, 2.75) is 12.6 Å². The molecule has 19 heavy (non-hydrogen) atoms. The number of fused-ring (bicyclic) bond motifs is 1. The van der Waals surface area contributed by atoms with Gasteiger partial charge in [-0.25, -0.2) is 4.79 Å². The van der Waals surface area contributed by atoms with E-state index in [1.807, 2.05) is 41.7 Å². The third-order valence-electron chi connectivity index (χ3n) is 2.76. The summed E-state index contributed by atoms with van der Waals surface area (Å²) in [6, 6.07) is 13.2. The fourth-order valence-electron chi connectivity index (χ4n) is 1.88. The lowest BCUT2D eigenvalue weighted by atomic mass is 10.0. The number of carbonyl (C=O) groups excluding carboxylic acids is 1. The predicted octanol–water partition coefficient (Wildman–Crippen LogP) is 0.901. The molecule has 0 radical (unpaired) electrons. The van der Waals surface area contributed by atoms with Crippen LogP contribution < -0.4 is 5.32 Å². The zero-order chi connectivity index (χ0) is 13.8. The molecule has 0 saturated carbocycles. The molecule has 3 N–H and O–H groups in total. The maximum Gasteiger partial charge on any atom is 0.353 e. The van der Waals surface area contributed by atoms with E-state index in [2.05, 4.69) is 0 Å². The van der Waals surface area contributed by atoms with Gasteiger partial charge >= 0.3 is 5.97 Å². The fraction of sp³-hybridized carbons (Fsp3) is 0.143. The minimum Gasteiger partial charge on any atom is -0.478 e. The van der Waals surface area contributed by atoms with Crippen LogP contribution in [-0.4, -0.2) is 28.3 Å². The average Bonchev–Trinajstić information content (AvgIpc) is 2.39. The Morgan fingerprint density at radius 3 is 2.53 bits per heavy atom. The Hall–Kier alpha value is -2.40. The van der Waals surface area contributed by atoms with Crippen LogP contribution in [0.25, 0.3) is 10.8 Å². The van der Waals surface area contributed by atoms with Gasteiger partial charge in [0, 0.05) is 0 Å². The lowest BCUT2D eigenvalue weighted by Crippen LogP contribution is -2.41. The zero-order valence-corrected chi connectivity index (χ0v) is 10.0. The molecule has 0 spiro atoms. The molecule has 1 amide bonds. The quantitative estimate of drug-likeness (QED) is 0.712. The molecule has 0 saturated heterocycles. The summed E-state index contributed by atoms with van der Waals surface area (Å²) in [5.74, 6) is -2.02. The lowest BCUT2D eigenvalue weighted by molar-refractivity contribution is -0.151. The van der Waals surface area contributed by atoms with Gasteiger partial charge in [0.15, 0.2) is 0 Å². The molecule has 2 aromatic carbocycles. The second kappa shape index (κ2) is 5.49. The highest BCUT2D eigenvalue weighted by Gasteiger charge is 2.16. The fourth-order valence-corrected chi connectivity index (χ4v) is 1.88. The maximum atomic E-state index is 11.6. The standard InChI is InChI=1S/C14H13NO4/c16-12(15-13(17)14(18)19)8-10-6-3-5-9-4-1-2-7-11(9)10/h1-7,13,17H,8H2,(H,15,16)(H,18,19). The topological polar surface area (TPSA) is 86.6 Å². The van der Waals surface area contributed by atoms with Crippen molar-refractivity contribution >= 4 is 22.6 Å². The average molecular weight is 259 g/mol. The molecule has 0 heterocycles. The highest BCUT2D eigenvalue weighted by atomic mass is 16.4. The van der Waals surface area contributed by atoms with Crippen LogP contribution in [0.15, 0.2) is 42.5 Å². The first-order valence-corrected chi connectivity index (χ1v) is 5.75. The number of amides is 1. The van der Waals surface area contributed by atoms with Crippen LogP contribution >= 0.6 is 0 Å². The van der Waals surface area contributed by atoms with Gasteiger partial charge in [-0.2, -0.15) is 0 Å². The molecule has 1 unspecified atom stereocenters. The molecule has 0 fully saturated rings. The van der Waals surface area contributed by atoms with E-state index in [1.54, 1.807) is 6.07 Å². The Balaban J connectivity index is 2.17. The number of aliphatic hydroxyl groups is 1. The molecule has 0 aliphatic heterocycles. The Labute approximate surface area is 109 Å². The van der Waals surface area contributed by atoms with Gasteiger partial charge in [0.05, 0.1) is 6.42 Å². The van der Waals surface area contributed by atoms with Crippen molar-refractivity contribution in [3.63, 3.8) is 0 Å². The summed E-state index contributed by atoms with van der Waals surface area (Å²) in [5.41, 5.74) is 0.785. The van der Waals surface area contributed by atoms with E-state index in [-0.39, 0.29) is 6.42 Å². The summed E-state index contributed by atoms with van der Waals surface area (Å²) in [6.45, 7) is 0. The summed E-state index contributed by atoms with van der Waals surface area (Å²) in [4.78, 5) is 22.1. The van der Waals surface area contributed by atoms with E-state index in [0.29, 0.717) is 0 Å². The number of benzene rings is 2. The SMILES string of the molecule is O=C(Cc1cccc2ccccc12)NC(O)C(=O)O. The van der Waals surface area contributed by atoms with E-state index in [9.17, 15) is 9.59 Å². The number of aliphatic hydroxyl groups excluding tert-OH is 1. The summed E-state index contributed by atoms with van der Waals surface area (Å²) in [5, 5.41) is 21.5. The molecule has 0 bridgehead atoms. The van der Waals surface area contributed by atoms with Gasteiger partial charge in [0.25, 0.3) is 0 Å². The molecule has 98 valence electrons. The van der Waals surface area contributed by atoms with E-state index in [1.165, 1.54) is 0 Å². The van der Waals surface area contributed by atoms with Crippen molar-refractivity contribution in [1.82, 2.24) is 5.32 Å². The van der Waals surface area contributed by atoms with Crippen molar-refractivity contribution in [2.24, 2.45) is 0 Å². The van der Waals surface area contributed by atoms with Gasteiger partial charge in [0.2, 0.25) is 12.1 Å². The van der Waals surface area contributed by atoms with E-state index >= 15 is 0 Å². The number of carboxylic acid groups (broad SMARTS) is 1. The Bertz CT molecular complexity index is 618. The molecule has 2 aromatic rings. The van der Waals surface area contributed by atoms with Crippen LogP contribution in [0.3, 0.4) is 0 Å². The van der Waals surface area contributed by atoms with Crippen LogP contribution in [0, 0.1) is 0 Å². The summed E-state index contributed by atoms with van der Waals surface area (Å²) in [6.07, 6.45) is -1.85. The Morgan fingerprint density at radius 1 is 1.11 bits per heavy atom. The van der Waals surface area contributed by atoms with Gasteiger partial charge in [-0.3, -0.25) is 4.79 Å². The van der Waals surface area contributed by atoms with Crippen LogP contribution in [0.5, 0.6) is 0 Å². The third-order valence-corrected chi connectivity index (χ3v) is 2.76. The first kappa shape index (κ1) is 13.0.